The van der Waals surface area contributed by atoms with Gasteiger partial charge in [0.25, 0.3) is 0 Å². The van der Waals surface area contributed by atoms with Crippen molar-refractivity contribution in [3.05, 3.63) is 46.8 Å². The van der Waals surface area contributed by atoms with Crippen LogP contribution in [0.5, 0.6) is 0 Å². The molecule has 0 radical (unpaired) electrons. The van der Waals surface area contributed by atoms with Gasteiger partial charge in [0.05, 0.1) is 0 Å². The minimum atomic E-state index is -3.36. The number of piperidine rings is 1. The van der Waals surface area contributed by atoms with Gasteiger partial charge in [0.2, 0.25) is 10.0 Å². The van der Waals surface area contributed by atoms with Gasteiger partial charge in [0, 0.05) is 37.9 Å². The SMILES string of the molecule is Cl.O=S(=O)(NC1CCN(Cc2cccc3c2NCC3)CC1)c1cccs1. The fourth-order valence-corrected chi connectivity index (χ4v) is 6.00. The van der Waals surface area contributed by atoms with E-state index in [4.69, 9.17) is 0 Å². The number of nitrogens with zero attached hydrogens (tertiary/aromatic N) is 1. The third kappa shape index (κ3) is 4.23. The number of likely N-dealkylation sites (tertiary alicyclic amines) is 1. The molecule has 0 aliphatic carbocycles. The van der Waals surface area contributed by atoms with Gasteiger partial charge in [-0.15, -0.1) is 23.7 Å². The van der Waals surface area contributed by atoms with E-state index in [2.05, 4.69) is 33.1 Å². The number of thiophene rings is 1. The number of hydrogen-bond acceptors (Lipinski definition) is 5. The van der Waals surface area contributed by atoms with E-state index in [1.54, 1.807) is 17.5 Å². The third-order valence-electron chi connectivity index (χ3n) is 5.00. The van der Waals surface area contributed by atoms with E-state index >= 15 is 0 Å². The van der Waals surface area contributed by atoms with Crippen LogP contribution in [0.1, 0.15) is 24.0 Å². The van der Waals surface area contributed by atoms with Crippen molar-refractivity contribution < 1.29 is 8.42 Å². The first-order valence-electron chi connectivity index (χ1n) is 8.75. The molecule has 0 bridgehead atoms. The molecule has 1 saturated heterocycles. The summed E-state index contributed by atoms with van der Waals surface area (Å²) in [6, 6.07) is 10.00. The number of halogens is 1. The predicted octanol–water partition coefficient (Wildman–Crippen LogP) is 3.08. The lowest BCUT2D eigenvalue weighted by Gasteiger charge is -2.32. The highest BCUT2D eigenvalue weighted by Gasteiger charge is 2.26. The van der Waals surface area contributed by atoms with Crippen LogP contribution in [0.4, 0.5) is 5.69 Å². The van der Waals surface area contributed by atoms with E-state index < -0.39 is 10.0 Å². The average molecular weight is 414 g/mol. The number of hydrogen-bond donors (Lipinski definition) is 2. The maximum atomic E-state index is 12.3. The molecular weight excluding hydrogens is 390 g/mol. The van der Waals surface area contributed by atoms with Gasteiger partial charge in [-0.1, -0.05) is 24.3 Å². The molecule has 0 spiro atoms. The van der Waals surface area contributed by atoms with Crippen LogP contribution in [-0.2, 0) is 23.0 Å². The van der Waals surface area contributed by atoms with Gasteiger partial charge in [-0.3, -0.25) is 4.90 Å². The zero-order valence-corrected chi connectivity index (χ0v) is 16.9. The number of anilines is 1. The van der Waals surface area contributed by atoms with Crippen molar-refractivity contribution in [2.24, 2.45) is 0 Å². The highest BCUT2D eigenvalue weighted by atomic mass is 35.5. The zero-order valence-electron chi connectivity index (χ0n) is 14.5. The molecule has 4 rings (SSSR count). The van der Waals surface area contributed by atoms with E-state index in [9.17, 15) is 8.42 Å². The van der Waals surface area contributed by atoms with Crippen molar-refractivity contribution in [1.82, 2.24) is 9.62 Å². The fraction of sp³-hybridized carbons (Fsp3) is 0.444. The second-order valence-corrected chi connectivity index (χ2v) is 9.62. The second-order valence-electron chi connectivity index (χ2n) is 6.73. The maximum Gasteiger partial charge on any atom is 0.250 e. The lowest BCUT2D eigenvalue weighted by atomic mass is 10.0. The topological polar surface area (TPSA) is 61.4 Å². The quantitative estimate of drug-likeness (QED) is 0.790. The van der Waals surface area contributed by atoms with Gasteiger partial charge in [-0.05, 0) is 41.8 Å². The van der Waals surface area contributed by atoms with E-state index in [1.165, 1.54) is 28.2 Å². The van der Waals surface area contributed by atoms with Crippen LogP contribution in [0.3, 0.4) is 0 Å². The first-order chi connectivity index (χ1) is 12.1. The van der Waals surface area contributed by atoms with Crippen LogP contribution in [0.25, 0.3) is 0 Å². The van der Waals surface area contributed by atoms with Crippen molar-refractivity contribution in [2.45, 2.75) is 36.1 Å². The van der Waals surface area contributed by atoms with Crippen molar-refractivity contribution in [1.29, 1.82) is 0 Å². The van der Waals surface area contributed by atoms with Gasteiger partial charge >= 0.3 is 0 Å². The molecule has 2 aliphatic heterocycles. The molecule has 2 aromatic rings. The Morgan fingerprint density at radius 1 is 1.19 bits per heavy atom. The highest BCUT2D eigenvalue weighted by molar-refractivity contribution is 7.91. The number of nitrogens with one attached hydrogen (secondary N) is 2. The Kier molecular flexibility index (Phi) is 6.25. The van der Waals surface area contributed by atoms with Crippen molar-refractivity contribution >= 4 is 39.5 Å². The van der Waals surface area contributed by atoms with Crippen LogP contribution in [0.2, 0.25) is 0 Å². The molecule has 2 aliphatic rings. The summed E-state index contributed by atoms with van der Waals surface area (Å²) < 4.78 is 27.9. The molecule has 0 atom stereocenters. The van der Waals surface area contributed by atoms with Gasteiger partial charge < -0.3 is 5.32 Å². The number of para-hydroxylation sites is 1. The molecular formula is C18H24ClN3O2S2. The minimum absolute atomic E-state index is 0. The molecule has 0 amide bonds. The number of rotatable bonds is 5. The van der Waals surface area contributed by atoms with E-state index in [-0.39, 0.29) is 18.4 Å². The monoisotopic (exact) mass is 413 g/mol. The fourth-order valence-electron chi connectivity index (χ4n) is 3.69. The molecule has 3 heterocycles. The van der Waals surface area contributed by atoms with Gasteiger partial charge in [-0.2, -0.15) is 0 Å². The van der Waals surface area contributed by atoms with Gasteiger partial charge in [0.1, 0.15) is 4.21 Å². The van der Waals surface area contributed by atoms with Gasteiger partial charge in [0.15, 0.2) is 0 Å². The highest BCUT2D eigenvalue weighted by Crippen LogP contribution is 2.28. The summed E-state index contributed by atoms with van der Waals surface area (Å²) in [7, 11) is -3.36. The van der Waals surface area contributed by atoms with E-state index in [1.807, 2.05) is 0 Å². The van der Waals surface area contributed by atoms with Crippen molar-refractivity contribution in [3.8, 4) is 0 Å². The Labute approximate surface area is 165 Å². The van der Waals surface area contributed by atoms with E-state index in [0.717, 1.165) is 45.4 Å². The maximum absolute atomic E-state index is 12.3. The first-order valence-corrected chi connectivity index (χ1v) is 11.1. The molecule has 1 fully saturated rings. The number of sulfonamides is 1. The summed E-state index contributed by atoms with van der Waals surface area (Å²) in [5.74, 6) is 0. The standard InChI is InChI=1S/C18H23N3O2S2.ClH/c22-25(23,17-5-2-12-24-17)20-16-7-10-21(11-8-16)13-15-4-1-3-14-6-9-19-18(14)15;/h1-5,12,16,19-20H,6-11,13H2;1H. The summed E-state index contributed by atoms with van der Waals surface area (Å²) in [6.07, 6.45) is 2.82. The molecule has 0 unspecified atom stereocenters. The predicted molar refractivity (Wildman–Crippen MR) is 109 cm³/mol. The Balaban J connectivity index is 0.00000196. The Hall–Kier alpha value is -1.12. The summed E-state index contributed by atoms with van der Waals surface area (Å²) in [6.45, 7) is 3.79. The van der Waals surface area contributed by atoms with Crippen LogP contribution in [0.15, 0.2) is 39.9 Å². The van der Waals surface area contributed by atoms with Crippen molar-refractivity contribution in [2.75, 3.05) is 25.0 Å². The molecule has 0 saturated carbocycles. The molecule has 1 aromatic carbocycles. The Bertz CT molecular complexity index is 832. The second kappa shape index (κ2) is 8.27. The average Bonchev–Trinajstić information content (AvgIpc) is 3.28. The lowest BCUT2D eigenvalue weighted by molar-refractivity contribution is 0.200. The molecule has 2 N–H and O–H groups in total. The first kappa shape index (κ1) is 19.6. The summed E-state index contributed by atoms with van der Waals surface area (Å²) >= 11 is 1.26. The lowest BCUT2D eigenvalue weighted by Crippen LogP contribution is -2.44. The number of fused-ring (bicyclic) bond motifs is 1. The smallest absolute Gasteiger partial charge is 0.250 e. The Morgan fingerprint density at radius 3 is 2.73 bits per heavy atom. The zero-order chi connectivity index (χ0) is 17.3. The summed E-state index contributed by atoms with van der Waals surface area (Å²) in [5.41, 5.74) is 4.08. The minimum Gasteiger partial charge on any atom is -0.384 e. The molecule has 5 nitrogen and oxygen atoms in total. The normalized spacial score (nSPS) is 18.2. The van der Waals surface area contributed by atoms with Crippen LogP contribution in [0, 0.1) is 0 Å². The molecule has 8 heteroatoms. The summed E-state index contributed by atoms with van der Waals surface area (Å²) in [4.78, 5) is 2.42. The molecule has 1 aromatic heterocycles. The van der Waals surface area contributed by atoms with Crippen LogP contribution in [-0.4, -0.2) is 39.0 Å². The van der Waals surface area contributed by atoms with Crippen LogP contribution < -0.4 is 10.0 Å². The molecule has 142 valence electrons. The van der Waals surface area contributed by atoms with Gasteiger partial charge in [-0.25, -0.2) is 13.1 Å². The third-order valence-corrected chi connectivity index (χ3v) is 7.91. The largest absolute Gasteiger partial charge is 0.384 e. The Morgan fingerprint density at radius 2 is 2.00 bits per heavy atom. The number of benzene rings is 1. The summed E-state index contributed by atoms with van der Waals surface area (Å²) in [5, 5.41) is 5.29. The van der Waals surface area contributed by atoms with E-state index in [0.29, 0.717) is 4.21 Å². The molecule has 26 heavy (non-hydrogen) atoms. The van der Waals surface area contributed by atoms with Crippen molar-refractivity contribution in [3.63, 3.8) is 0 Å². The van der Waals surface area contributed by atoms with Crippen LogP contribution >= 0.6 is 23.7 Å².